The van der Waals surface area contributed by atoms with Gasteiger partial charge in [-0.3, -0.25) is 4.79 Å². The molecule has 3 nitrogen and oxygen atoms in total. The lowest BCUT2D eigenvalue weighted by atomic mass is 9.96. The predicted octanol–water partition coefficient (Wildman–Crippen LogP) is 1.99. The van der Waals surface area contributed by atoms with Gasteiger partial charge in [0.05, 0.1) is 0 Å². The predicted molar refractivity (Wildman–Crippen MR) is 75.6 cm³/mol. The zero-order valence-electron chi connectivity index (χ0n) is 11.5. The summed E-state index contributed by atoms with van der Waals surface area (Å²) < 4.78 is 0. The van der Waals surface area contributed by atoms with Crippen LogP contribution in [0.4, 0.5) is 0 Å². The van der Waals surface area contributed by atoms with Crippen molar-refractivity contribution in [2.75, 3.05) is 13.1 Å². The molecule has 4 unspecified atom stereocenters. The second kappa shape index (κ2) is 4.97. The Kier molecular flexibility index (Phi) is 3.31. The van der Waals surface area contributed by atoms with Crippen LogP contribution >= 0.6 is 0 Å². The van der Waals surface area contributed by atoms with Crippen molar-refractivity contribution in [3.63, 3.8) is 0 Å². The Morgan fingerprint density at radius 2 is 1.95 bits per heavy atom. The van der Waals surface area contributed by atoms with E-state index in [2.05, 4.69) is 19.1 Å². The second-order valence-corrected chi connectivity index (χ2v) is 6.20. The smallest absolute Gasteiger partial charge is 0.226 e. The van der Waals surface area contributed by atoms with Gasteiger partial charge >= 0.3 is 0 Å². The zero-order chi connectivity index (χ0) is 13.4. The summed E-state index contributed by atoms with van der Waals surface area (Å²) in [6.45, 7) is 3.80. The first-order chi connectivity index (χ1) is 9.15. The van der Waals surface area contributed by atoms with Crippen LogP contribution in [-0.2, 0) is 4.79 Å². The largest absolute Gasteiger partial charge is 0.341 e. The molecule has 1 aromatic rings. The lowest BCUT2D eigenvalue weighted by Crippen LogP contribution is -2.49. The molecule has 1 aromatic carbocycles. The van der Waals surface area contributed by atoms with Gasteiger partial charge in [-0.25, -0.2) is 0 Å². The van der Waals surface area contributed by atoms with E-state index in [1.165, 1.54) is 5.56 Å². The highest BCUT2D eigenvalue weighted by Gasteiger charge is 2.46. The molecule has 0 aromatic heterocycles. The molecule has 102 valence electrons. The highest BCUT2D eigenvalue weighted by molar-refractivity contribution is 5.83. The van der Waals surface area contributed by atoms with Crippen LogP contribution in [0.5, 0.6) is 0 Å². The Hall–Kier alpha value is -1.35. The number of hydrogen-bond acceptors (Lipinski definition) is 2. The number of carbonyl (C=O) groups is 1. The molecule has 1 saturated heterocycles. The number of nitrogens with two attached hydrogens (primary N) is 1. The molecule has 1 saturated carbocycles. The zero-order valence-corrected chi connectivity index (χ0v) is 11.5. The van der Waals surface area contributed by atoms with Crippen LogP contribution in [0.15, 0.2) is 30.3 Å². The van der Waals surface area contributed by atoms with Gasteiger partial charge in [0.25, 0.3) is 0 Å². The number of likely N-dealkylation sites (tertiary alicyclic amines) is 1. The van der Waals surface area contributed by atoms with Gasteiger partial charge in [0, 0.05) is 25.0 Å². The average Bonchev–Trinajstić information content (AvgIpc) is 3.18. The minimum absolute atomic E-state index is 0.154. The molecule has 1 amide bonds. The third-order valence-corrected chi connectivity index (χ3v) is 4.34. The standard InChI is InChI=1S/C16H22N2O/c1-11-7-13(17)10-18(9-11)16(19)15-8-14(15)12-5-3-2-4-6-12/h2-6,11,13-15H,7-10,17H2,1H3. The molecule has 3 rings (SSSR count). The van der Waals surface area contributed by atoms with Crippen LogP contribution in [0, 0.1) is 11.8 Å². The van der Waals surface area contributed by atoms with Crippen molar-refractivity contribution in [1.29, 1.82) is 0 Å². The van der Waals surface area contributed by atoms with Crippen LogP contribution < -0.4 is 5.73 Å². The van der Waals surface area contributed by atoms with Crippen molar-refractivity contribution in [2.24, 2.45) is 17.6 Å². The van der Waals surface area contributed by atoms with Crippen molar-refractivity contribution in [3.05, 3.63) is 35.9 Å². The summed E-state index contributed by atoms with van der Waals surface area (Å²) in [6.07, 6.45) is 2.04. The maximum Gasteiger partial charge on any atom is 0.226 e. The quantitative estimate of drug-likeness (QED) is 0.881. The monoisotopic (exact) mass is 258 g/mol. The summed E-state index contributed by atoms with van der Waals surface area (Å²) >= 11 is 0. The molecule has 0 radical (unpaired) electrons. The number of nitrogens with zero attached hydrogens (tertiary/aromatic N) is 1. The van der Waals surface area contributed by atoms with Gasteiger partial charge in [-0.1, -0.05) is 37.3 Å². The number of carbonyl (C=O) groups excluding carboxylic acids is 1. The van der Waals surface area contributed by atoms with Crippen molar-refractivity contribution >= 4 is 5.91 Å². The van der Waals surface area contributed by atoms with Crippen LogP contribution in [-0.4, -0.2) is 29.9 Å². The third-order valence-electron chi connectivity index (χ3n) is 4.34. The molecule has 1 aliphatic carbocycles. The summed E-state index contributed by atoms with van der Waals surface area (Å²) in [5.41, 5.74) is 7.33. The molecule has 1 aliphatic heterocycles. The summed E-state index contributed by atoms with van der Waals surface area (Å²) in [7, 11) is 0. The minimum Gasteiger partial charge on any atom is -0.341 e. The number of rotatable bonds is 2. The molecule has 1 heterocycles. The van der Waals surface area contributed by atoms with E-state index in [9.17, 15) is 4.79 Å². The van der Waals surface area contributed by atoms with Gasteiger partial charge in [-0.2, -0.15) is 0 Å². The normalized spacial score (nSPS) is 34.1. The first kappa shape index (κ1) is 12.7. The number of benzene rings is 1. The summed E-state index contributed by atoms with van der Waals surface area (Å²) in [6, 6.07) is 10.5. The fourth-order valence-corrected chi connectivity index (χ4v) is 3.35. The highest BCUT2D eigenvalue weighted by Crippen LogP contribution is 2.48. The summed E-state index contributed by atoms with van der Waals surface area (Å²) in [5, 5.41) is 0. The second-order valence-electron chi connectivity index (χ2n) is 6.20. The Balaban J connectivity index is 1.63. The van der Waals surface area contributed by atoms with Gasteiger partial charge in [0.1, 0.15) is 0 Å². The Labute approximate surface area is 114 Å². The lowest BCUT2D eigenvalue weighted by molar-refractivity contribution is -0.134. The maximum atomic E-state index is 12.5. The van der Waals surface area contributed by atoms with E-state index in [0.29, 0.717) is 17.7 Å². The fraction of sp³-hybridized carbons (Fsp3) is 0.562. The molecule has 19 heavy (non-hydrogen) atoms. The first-order valence-corrected chi connectivity index (χ1v) is 7.24. The molecular formula is C16H22N2O. The van der Waals surface area contributed by atoms with E-state index in [1.807, 2.05) is 23.1 Å². The Morgan fingerprint density at radius 3 is 2.63 bits per heavy atom. The third kappa shape index (κ3) is 2.66. The van der Waals surface area contributed by atoms with E-state index >= 15 is 0 Å². The lowest BCUT2D eigenvalue weighted by Gasteiger charge is -2.35. The molecule has 3 heteroatoms. The fourth-order valence-electron chi connectivity index (χ4n) is 3.35. The van der Waals surface area contributed by atoms with Crippen LogP contribution in [0.1, 0.15) is 31.2 Å². The minimum atomic E-state index is 0.154. The molecule has 4 atom stereocenters. The van der Waals surface area contributed by atoms with Crippen LogP contribution in [0.2, 0.25) is 0 Å². The topological polar surface area (TPSA) is 46.3 Å². The van der Waals surface area contributed by atoms with Crippen molar-refractivity contribution in [1.82, 2.24) is 4.90 Å². The SMILES string of the molecule is CC1CC(N)CN(C(=O)C2CC2c2ccccc2)C1. The summed E-state index contributed by atoms with van der Waals surface area (Å²) in [4.78, 5) is 14.5. The summed E-state index contributed by atoms with van der Waals surface area (Å²) in [5.74, 6) is 1.47. The van der Waals surface area contributed by atoms with Crippen LogP contribution in [0.25, 0.3) is 0 Å². The molecule has 2 fully saturated rings. The molecule has 0 spiro atoms. The highest BCUT2D eigenvalue weighted by atomic mass is 16.2. The Morgan fingerprint density at radius 1 is 1.21 bits per heavy atom. The van der Waals surface area contributed by atoms with Gasteiger partial charge in [-0.15, -0.1) is 0 Å². The van der Waals surface area contributed by atoms with E-state index in [1.54, 1.807) is 0 Å². The van der Waals surface area contributed by atoms with Crippen molar-refractivity contribution < 1.29 is 4.79 Å². The number of amides is 1. The van der Waals surface area contributed by atoms with E-state index in [0.717, 1.165) is 25.9 Å². The maximum absolute atomic E-state index is 12.5. The van der Waals surface area contributed by atoms with Crippen molar-refractivity contribution in [2.45, 2.75) is 31.7 Å². The van der Waals surface area contributed by atoms with Gasteiger partial charge in [-0.05, 0) is 30.2 Å². The first-order valence-electron chi connectivity index (χ1n) is 7.24. The molecular weight excluding hydrogens is 236 g/mol. The van der Waals surface area contributed by atoms with Crippen LogP contribution in [0.3, 0.4) is 0 Å². The van der Waals surface area contributed by atoms with Crippen molar-refractivity contribution in [3.8, 4) is 0 Å². The molecule has 2 N–H and O–H groups in total. The van der Waals surface area contributed by atoms with Gasteiger partial charge < -0.3 is 10.6 Å². The van der Waals surface area contributed by atoms with E-state index in [4.69, 9.17) is 5.73 Å². The van der Waals surface area contributed by atoms with E-state index < -0.39 is 0 Å². The van der Waals surface area contributed by atoms with Gasteiger partial charge in [0.2, 0.25) is 5.91 Å². The molecule has 0 bridgehead atoms. The van der Waals surface area contributed by atoms with E-state index in [-0.39, 0.29) is 12.0 Å². The number of piperidine rings is 1. The average molecular weight is 258 g/mol. The Bertz CT molecular complexity index is 449. The van der Waals surface area contributed by atoms with Gasteiger partial charge in [0.15, 0.2) is 0 Å². The molecule has 2 aliphatic rings. The number of hydrogen-bond donors (Lipinski definition) is 1.